The van der Waals surface area contributed by atoms with Crippen molar-refractivity contribution in [3.63, 3.8) is 0 Å². The molecule has 1 aromatic carbocycles. The summed E-state index contributed by atoms with van der Waals surface area (Å²) < 4.78 is 0. The number of carbonyl (C=O) groups excluding carboxylic acids is 1. The predicted molar refractivity (Wildman–Crippen MR) is 77.6 cm³/mol. The molecule has 0 radical (unpaired) electrons. The normalized spacial score (nSPS) is 16.1. The van der Waals surface area contributed by atoms with E-state index in [-0.39, 0.29) is 17.9 Å². The lowest BCUT2D eigenvalue weighted by Crippen LogP contribution is -2.32. The zero-order valence-corrected chi connectivity index (χ0v) is 11.5. The number of carbonyl (C=O) groups is 1. The predicted octanol–water partition coefficient (Wildman–Crippen LogP) is 2.05. The number of hydrogen-bond donors (Lipinski definition) is 2. The van der Waals surface area contributed by atoms with Crippen LogP contribution in [-0.2, 0) is 0 Å². The maximum Gasteiger partial charge on any atom is 0.252 e. The summed E-state index contributed by atoms with van der Waals surface area (Å²) in [6.45, 7) is 2.57. The number of pyridine rings is 1. The summed E-state index contributed by atoms with van der Waals surface area (Å²) in [5.74, 6) is -0.0913. The van der Waals surface area contributed by atoms with E-state index in [2.05, 4.69) is 10.3 Å². The van der Waals surface area contributed by atoms with Gasteiger partial charge in [-0.05, 0) is 31.9 Å². The van der Waals surface area contributed by atoms with Crippen molar-refractivity contribution in [2.24, 2.45) is 5.41 Å². The Bertz CT molecular complexity index is 663. The molecule has 0 spiro atoms. The standard InChI is InChI=1S/C16H18N2O2/c1-11-8-13(12-4-2-3-5-14(12)18-11)15(20)17-9-16(10-19)6-7-16/h2-5,8,19H,6-7,9-10H2,1H3,(H,17,20). The number of aromatic nitrogens is 1. The molecule has 2 aromatic rings. The third-order valence-electron chi connectivity index (χ3n) is 4.01. The second-order valence-electron chi connectivity index (χ2n) is 5.67. The van der Waals surface area contributed by atoms with E-state index in [4.69, 9.17) is 0 Å². The fraction of sp³-hybridized carbons (Fsp3) is 0.375. The average Bonchev–Trinajstić information content (AvgIpc) is 3.24. The van der Waals surface area contributed by atoms with Crippen molar-refractivity contribution < 1.29 is 9.90 Å². The van der Waals surface area contributed by atoms with Crippen LogP contribution in [0.3, 0.4) is 0 Å². The first-order valence-electron chi connectivity index (χ1n) is 6.89. The first kappa shape index (κ1) is 13.1. The third-order valence-corrected chi connectivity index (χ3v) is 4.01. The highest BCUT2D eigenvalue weighted by Crippen LogP contribution is 2.44. The summed E-state index contributed by atoms with van der Waals surface area (Å²) in [5.41, 5.74) is 2.24. The van der Waals surface area contributed by atoms with Crippen molar-refractivity contribution in [3.05, 3.63) is 41.6 Å². The SMILES string of the molecule is Cc1cc(C(=O)NCC2(CO)CC2)c2ccccc2n1. The van der Waals surface area contributed by atoms with E-state index in [1.165, 1.54) is 0 Å². The lowest BCUT2D eigenvalue weighted by molar-refractivity contribution is 0.0936. The molecule has 104 valence electrons. The number of aliphatic hydroxyl groups is 1. The van der Waals surface area contributed by atoms with Crippen LogP contribution in [0.5, 0.6) is 0 Å². The zero-order valence-electron chi connectivity index (χ0n) is 11.5. The summed E-state index contributed by atoms with van der Waals surface area (Å²) in [7, 11) is 0. The molecule has 1 amide bonds. The van der Waals surface area contributed by atoms with Crippen LogP contribution < -0.4 is 5.32 Å². The monoisotopic (exact) mass is 270 g/mol. The molecule has 4 nitrogen and oxygen atoms in total. The van der Waals surface area contributed by atoms with E-state index >= 15 is 0 Å². The Morgan fingerprint density at radius 2 is 2.15 bits per heavy atom. The average molecular weight is 270 g/mol. The molecule has 0 atom stereocenters. The Morgan fingerprint density at radius 3 is 2.85 bits per heavy atom. The highest BCUT2D eigenvalue weighted by molar-refractivity contribution is 6.06. The number of fused-ring (bicyclic) bond motifs is 1. The van der Waals surface area contributed by atoms with Crippen molar-refractivity contribution >= 4 is 16.8 Å². The fourth-order valence-electron chi connectivity index (χ4n) is 2.43. The maximum atomic E-state index is 12.4. The van der Waals surface area contributed by atoms with E-state index in [0.717, 1.165) is 29.4 Å². The summed E-state index contributed by atoms with van der Waals surface area (Å²) in [6, 6.07) is 9.47. The van der Waals surface area contributed by atoms with Crippen LogP contribution in [0.2, 0.25) is 0 Å². The summed E-state index contributed by atoms with van der Waals surface area (Å²) in [6.07, 6.45) is 1.97. The van der Waals surface area contributed by atoms with Gasteiger partial charge in [-0.2, -0.15) is 0 Å². The van der Waals surface area contributed by atoms with Gasteiger partial charge in [0.25, 0.3) is 5.91 Å². The minimum absolute atomic E-state index is 0.0759. The summed E-state index contributed by atoms with van der Waals surface area (Å²) >= 11 is 0. The molecular formula is C16H18N2O2. The molecule has 0 bridgehead atoms. The molecule has 2 N–H and O–H groups in total. The number of benzene rings is 1. The highest BCUT2D eigenvalue weighted by atomic mass is 16.3. The molecule has 1 aromatic heterocycles. The molecular weight excluding hydrogens is 252 g/mol. The number of amides is 1. The van der Waals surface area contributed by atoms with E-state index < -0.39 is 0 Å². The van der Waals surface area contributed by atoms with Crippen LogP contribution in [-0.4, -0.2) is 29.1 Å². The van der Waals surface area contributed by atoms with Crippen LogP contribution in [0.1, 0.15) is 28.9 Å². The van der Waals surface area contributed by atoms with Crippen LogP contribution >= 0.6 is 0 Å². The van der Waals surface area contributed by atoms with Crippen molar-refractivity contribution in [2.45, 2.75) is 19.8 Å². The van der Waals surface area contributed by atoms with Crippen molar-refractivity contribution in [1.82, 2.24) is 10.3 Å². The van der Waals surface area contributed by atoms with E-state index in [0.29, 0.717) is 12.1 Å². The summed E-state index contributed by atoms with van der Waals surface area (Å²) in [5, 5.41) is 13.1. The zero-order chi connectivity index (χ0) is 14.2. The van der Waals surface area contributed by atoms with E-state index in [1.807, 2.05) is 37.3 Å². The number of nitrogens with zero attached hydrogens (tertiary/aromatic N) is 1. The van der Waals surface area contributed by atoms with Crippen LogP contribution in [0.15, 0.2) is 30.3 Å². The number of hydrogen-bond acceptors (Lipinski definition) is 3. The molecule has 3 rings (SSSR count). The smallest absolute Gasteiger partial charge is 0.252 e. The van der Waals surface area contributed by atoms with Gasteiger partial charge >= 0.3 is 0 Å². The van der Waals surface area contributed by atoms with Gasteiger partial charge in [0.1, 0.15) is 0 Å². The topological polar surface area (TPSA) is 62.2 Å². The molecule has 1 aliphatic carbocycles. The van der Waals surface area contributed by atoms with Gasteiger partial charge in [0.15, 0.2) is 0 Å². The third kappa shape index (κ3) is 2.39. The van der Waals surface area contributed by atoms with Gasteiger partial charge in [-0.15, -0.1) is 0 Å². The molecule has 1 aliphatic rings. The Labute approximate surface area is 117 Å². The largest absolute Gasteiger partial charge is 0.396 e. The first-order chi connectivity index (χ1) is 9.63. The Morgan fingerprint density at radius 1 is 1.40 bits per heavy atom. The molecule has 1 heterocycles. The van der Waals surface area contributed by atoms with Crippen LogP contribution in [0.25, 0.3) is 10.9 Å². The Kier molecular flexibility index (Phi) is 3.18. The van der Waals surface area contributed by atoms with Crippen molar-refractivity contribution in [3.8, 4) is 0 Å². The van der Waals surface area contributed by atoms with Crippen LogP contribution in [0, 0.1) is 12.3 Å². The molecule has 1 saturated carbocycles. The van der Waals surface area contributed by atoms with Crippen molar-refractivity contribution in [2.75, 3.05) is 13.2 Å². The number of aryl methyl sites for hydroxylation is 1. The van der Waals surface area contributed by atoms with Crippen LogP contribution in [0.4, 0.5) is 0 Å². The maximum absolute atomic E-state index is 12.4. The van der Waals surface area contributed by atoms with Gasteiger partial charge in [0.05, 0.1) is 17.7 Å². The van der Waals surface area contributed by atoms with Gasteiger partial charge in [0.2, 0.25) is 0 Å². The number of para-hydroxylation sites is 1. The Hall–Kier alpha value is -1.94. The first-order valence-corrected chi connectivity index (χ1v) is 6.89. The van der Waals surface area contributed by atoms with Gasteiger partial charge in [-0.3, -0.25) is 9.78 Å². The van der Waals surface area contributed by atoms with Gasteiger partial charge in [0, 0.05) is 23.0 Å². The fourth-order valence-corrected chi connectivity index (χ4v) is 2.43. The molecule has 0 aliphatic heterocycles. The second kappa shape index (κ2) is 4.87. The number of rotatable bonds is 4. The lowest BCUT2D eigenvalue weighted by Gasteiger charge is -2.14. The second-order valence-corrected chi connectivity index (χ2v) is 5.67. The minimum atomic E-state index is -0.0913. The number of nitrogens with one attached hydrogen (secondary N) is 1. The molecule has 0 unspecified atom stereocenters. The molecule has 0 saturated heterocycles. The van der Waals surface area contributed by atoms with Gasteiger partial charge in [-0.1, -0.05) is 18.2 Å². The lowest BCUT2D eigenvalue weighted by atomic mass is 10.1. The van der Waals surface area contributed by atoms with E-state index in [1.54, 1.807) is 0 Å². The van der Waals surface area contributed by atoms with Gasteiger partial charge < -0.3 is 10.4 Å². The van der Waals surface area contributed by atoms with Crippen molar-refractivity contribution in [1.29, 1.82) is 0 Å². The summed E-state index contributed by atoms with van der Waals surface area (Å²) in [4.78, 5) is 16.8. The van der Waals surface area contributed by atoms with Gasteiger partial charge in [-0.25, -0.2) is 0 Å². The van der Waals surface area contributed by atoms with E-state index in [9.17, 15) is 9.90 Å². The molecule has 4 heteroatoms. The molecule has 1 fully saturated rings. The number of aliphatic hydroxyl groups excluding tert-OH is 1. The quantitative estimate of drug-likeness (QED) is 0.893. The Balaban J connectivity index is 1.87. The minimum Gasteiger partial charge on any atom is -0.396 e. The molecule has 20 heavy (non-hydrogen) atoms. The highest BCUT2D eigenvalue weighted by Gasteiger charge is 2.42.